The van der Waals surface area contributed by atoms with Gasteiger partial charge in [-0.1, -0.05) is 6.07 Å². The van der Waals surface area contributed by atoms with Crippen molar-refractivity contribution in [3.05, 3.63) is 42.6 Å². The Hall–Kier alpha value is -2.41. The van der Waals surface area contributed by atoms with Crippen LogP contribution in [-0.2, 0) is 6.54 Å². The minimum absolute atomic E-state index is 0.0393. The van der Waals surface area contributed by atoms with E-state index in [2.05, 4.69) is 15.3 Å². The Balaban J connectivity index is 1.90. The van der Waals surface area contributed by atoms with E-state index in [9.17, 15) is 4.79 Å². The van der Waals surface area contributed by atoms with Gasteiger partial charge in [-0.3, -0.25) is 4.57 Å². The second kappa shape index (κ2) is 7.39. The first-order valence-corrected chi connectivity index (χ1v) is 6.81. The number of aliphatic hydroxyl groups excluding tert-OH is 1. The van der Waals surface area contributed by atoms with Crippen molar-refractivity contribution in [2.45, 2.75) is 13.5 Å². The van der Waals surface area contributed by atoms with Crippen molar-refractivity contribution in [1.29, 1.82) is 0 Å². The van der Waals surface area contributed by atoms with Crippen molar-refractivity contribution in [2.75, 3.05) is 19.7 Å². The second-order valence-electron chi connectivity index (χ2n) is 4.46. The number of nitrogens with one attached hydrogen (secondary N) is 1. The van der Waals surface area contributed by atoms with E-state index >= 15 is 0 Å². The summed E-state index contributed by atoms with van der Waals surface area (Å²) in [6, 6.07) is 3.59. The number of carbonyl (C=O) groups excluding carboxylic acids is 1. The van der Waals surface area contributed by atoms with Crippen LogP contribution in [0.3, 0.4) is 0 Å². The maximum Gasteiger partial charge on any atom is 0.317 e. The molecule has 0 radical (unpaired) electrons. The summed E-state index contributed by atoms with van der Waals surface area (Å²) in [5, 5.41) is 11.7. The third-order valence-corrected chi connectivity index (χ3v) is 3.06. The summed E-state index contributed by atoms with van der Waals surface area (Å²) in [4.78, 5) is 21.7. The lowest BCUT2D eigenvalue weighted by Crippen LogP contribution is -2.41. The highest BCUT2D eigenvalue weighted by atomic mass is 16.3. The van der Waals surface area contributed by atoms with Crippen LogP contribution < -0.4 is 5.32 Å². The van der Waals surface area contributed by atoms with Crippen molar-refractivity contribution >= 4 is 6.03 Å². The van der Waals surface area contributed by atoms with Crippen molar-refractivity contribution in [1.82, 2.24) is 24.8 Å². The molecule has 2 rings (SSSR count). The van der Waals surface area contributed by atoms with E-state index in [0.29, 0.717) is 19.6 Å². The predicted molar refractivity (Wildman–Crippen MR) is 77.9 cm³/mol. The molecule has 7 nitrogen and oxygen atoms in total. The van der Waals surface area contributed by atoms with Crippen LogP contribution in [0, 0.1) is 0 Å². The van der Waals surface area contributed by atoms with E-state index < -0.39 is 0 Å². The van der Waals surface area contributed by atoms with Crippen LogP contribution in [-0.4, -0.2) is 50.3 Å². The molecule has 0 aliphatic carbocycles. The number of hydrogen-bond donors (Lipinski definition) is 2. The Morgan fingerprint density at radius 2 is 2.33 bits per heavy atom. The molecule has 0 atom stereocenters. The van der Waals surface area contributed by atoms with E-state index in [0.717, 1.165) is 11.4 Å². The first kappa shape index (κ1) is 15.0. The van der Waals surface area contributed by atoms with E-state index in [1.165, 1.54) is 0 Å². The highest BCUT2D eigenvalue weighted by Gasteiger charge is 2.09. The van der Waals surface area contributed by atoms with Crippen LogP contribution in [0.4, 0.5) is 4.79 Å². The second-order valence-corrected chi connectivity index (χ2v) is 4.46. The monoisotopic (exact) mass is 289 g/mol. The van der Waals surface area contributed by atoms with Crippen molar-refractivity contribution in [3.8, 4) is 5.82 Å². The highest BCUT2D eigenvalue weighted by Crippen LogP contribution is 2.05. The summed E-state index contributed by atoms with van der Waals surface area (Å²) in [5.41, 5.74) is 0.910. The fourth-order valence-corrected chi connectivity index (χ4v) is 1.88. The van der Waals surface area contributed by atoms with Crippen molar-refractivity contribution in [2.24, 2.45) is 0 Å². The van der Waals surface area contributed by atoms with Gasteiger partial charge in [0.1, 0.15) is 12.1 Å². The number of likely N-dealkylation sites (N-methyl/N-ethyl adjacent to an activating group) is 1. The molecule has 0 saturated carbocycles. The van der Waals surface area contributed by atoms with Gasteiger partial charge in [0.05, 0.1) is 6.61 Å². The van der Waals surface area contributed by atoms with Crippen LogP contribution in [0.5, 0.6) is 0 Å². The Morgan fingerprint density at radius 3 is 2.90 bits per heavy atom. The van der Waals surface area contributed by atoms with Gasteiger partial charge < -0.3 is 15.3 Å². The maximum atomic E-state index is 11.9. The predicted octanol–water partition coefficient (Wildman–Crippen LogP) is 0.791. The van der Waals surface area contributed by atoms with Crippen molar-refractivity contribution < 1.29 is 9.90 Å². The van der Waals surface area contributed by atoms with Gasteiger partial charge in [0.15, 0.2) is 0 Å². The van der Waals surface area contributed by atoms with Gasteiger partial charge in [0, 0.05) is 38.2 Å². The molecule has 2 aromatic rings. The summed E-state index contributed by atoms with van der Waals surface area (Å²) in [6.07, 6.45) is 6.91. The number of aliphatic hydroxyl groups is 1. The first-order valence-electron chi connectivity index (χ1n) is 6.81. The van der Waals surface area contributed by atoms with E-state index in [-0.39, 0.29) is 12.6 Å². The third kappa shape index (κ3) is 4.03. The van der Waals surface area contributed by atoms with Gasteiger partial charge in [-0.15, -0.1) is 0 Å². The van der Waals surface area contributed by atoms with Crippen LogP contribution >= 0.6 is 0 Å². The highest BCUT2D eigenvalue weighted by molar-refractivity contribution is 5.74. The smallest absolute Gasteiger partial charge is 0.317 e. The SMILES string of the molecule is CCN(CCO)C(=O)NCc1ccc(-n2ccnc2)nc1. The fourth-order valence-electron chi connectivity index (χ4n) is 1.88. The number of hydrogen-bond acceptors (Lipinski definition) is 4. The topological polar surface area (TPSA) is 83.3 Å². The van der Waals surface area contributed by atoms with Crippen molar-refractivity contribution in [3.63, 3.8) is 0 Å². The molecule has 2 heterocycles. The molecule has 2 aromatic heterocycles. The Bertz CT molecular complexity index is 553. The molecule has 0 unspecified atom stereocenters. The molecule has 7 heteroatoms. The molecular weight excluding hydrogens is 270 g/mol. The van der Waals surface area contributed by atoms with Crippen LogP contribution in [0.1, 0.15) is 12.5 Å². The number of rotatable bonds is 6. The number of nitrogens with zero attached hydrogens (tertiary/aromatic N) is 4. The van der Waals surface area contributed by atoms with Gasteiger partial charge >= 0.3 is 6.03 Å². The number of pyridine rings is 1. The minimum Gasteiger partial charge on any atom is -0.395 e. The molecular formula is C14H19N5O2. The zero-order valence-corrected chi connectivity index (χ0v) is 11.9. The molecule has 21 heavy (non-hydrogen) atoms. The third-order valence-electron chi connectivity index (χ3n) is 3.06. The van der Waals surface area contributed by atoms with E-state index in [1.807, 2.05) is 29.8 Å². The molecule has 0 bridgehead atoms. The van der Waals surface area contributed by atoms with Crippen LogP contribution in [0.2, 0.25) is 0 Å². The standard InChI is InChI=1S/C14H19N5O2/c1-2-18(7-8-20)14(21)17-10-12-3-4-13(16-9-12)19-6-5-15-11-19/h3-6,9,11,20H,2,7-8,10H2,1H3,(H,17,21). The zero-order valence-electron chi connectivity index (χ0n) is 11.9. The summed E-state index contributed by atoms with van der Waals surface area (Å²) < 4.78 is 1.81. The molecule has 2 amide bonds. The lowest BCUT2D eigenvalue weighted by atomic mass is 10.3. The molecule has 0 aliphatic heterocycles. The van der Waals surface area contributed by atoms with Crippen LogP contribution in [0.25, 0.3) is 5.82 Å². The Kier molecular flexibility index (Phi) is 5.28. The van der Waals surface area contributed by atoms with Crippen LogP contribution in [0.15, 0.2) is 37.1 Å². The molecule has 2 N–H and O–H groups in total. The quantitative estimate of drug-likeness (QED) is 0.823. The number of aromatic nitrogens is 3. The van der Waals surface area contributed by atoms with Gasteiger partial charge in [0.25, 0.3) is 0 Å². The molecule has 0 aliphatic rings. The summed E-state index contributed by atoms with van der Waals surface area (Å²) in [6.45, 7) is 3.13. The minimum atomic E-state index is -0.190. The zero-order chi connectivity index (χ0) is 15.1. The van der Waals surface area contributed by atoms with Gasteiger partial charge in [-0.05, 0) is 18.6 Å². The lowest BCUT2D eigenvalue weighted by molar-refractivity contribution is 0.180. The average Bonchev–Trinajstić information content (AvgIpc) is 3.05. The lowest BCUT2D eigenvalue weighted by Gasteiger charge is -2.20. The van der Waals surface area contributed by atoms with Gasteiger partial charge in [-0.25, -0.2) is 14.8 Å². The molecule has 0 aromatic carbocycles. The number of carbonyl (C=O) groups is 1. The Morgan fingerprint density at radius 1 is 1.48 bits per heavy atom. The number of imidazole rings is 1. The normalized spacial score (nSPS) is 10.4. The molecule has 0 fully saturated rings. The number of amides is 2. The molecule has 112 valence electrons. The average molecular weight is 289 g/mol. The summed E-state index contributed by atoms with van der Waals surface area (Å²) >= 11 is 0. The first-order chi connectivity index (χ1) is 10.2. The summed E-state index contributed by atoms with van der Waals surface area (Å²) in [5.74, 6) is 0.776. The van der Waals surface area contributed by atoms with Gasteiger partial charge in [0.2, 0.25) is 0 Å². The Labute approximate surface area is 123 Å². The largest absolute Gasteiger partial charge is 0.395 e. The molecule has 0 spiro atoms. The summed E-state index contributed by atoms with van der Waals surface area (Å²) in [7, 11) is 0. The van der Waals surface area contributed by atoms with Gasteiger partial charge in [-0.2, -0.15) is 0 Å². The molecule has 0 saturated heterocycles. The maximum absolute atomic E-state index is 11.9. The number of urea groups is 1. The van der Waals surface area contributed by atoms with E-state index in [1.54, 1.807) is 23.6 Å². The van der Waals surface area contributed by atoms with E-state index in [4.69, 9.17) is 5.11 Å². The fraction of sp³-hybridized carbons (Fsp3) is 0.357.